The van der Waals surface area contributed by atoms with Crippen LogP contribution < -0.4 is 15.1 Å². The predicted molar refractivity (Wildman–Crippen MR) is 155 cm³/mol. The lowest BCUT2D eigenvalue weighted by Crippen LogP contribution is -2.67. The van der Waals surface area contributed by atoms with Crippen molar-refractivity contribution in [3.63, 3.8) is 0 Å². The number of anilines is 1. The maximum atomic E-state index is 13.6. The number of piperazine rings is 1. The molecule has 0 spiro atoms. The largest absolute Gasteiger partial charge is 0.497 e. The van der Waals surface area contributed by atoms with Crippen LogP contribution in [-0.2, 0) is 16.0 Å². The number of nitrogens with zero attached hydrogens (tertiary/aromatic N) is 5. The summed E-state index contributed by atoms with van der Waals surface area (Å²) in [6, 6.07) is 18.6. The second kappa shape index (κ2) is 11.8. The van der Waals surface area contributed by atoms with Gasteiger partial charge in [-0.25, -0.2) is 0 Å². The van der Waals surface area contributed by atoms with Gasteiger partial charge in [-0.15, -0.1) is 0 Å². The molecular weight excluding hydrogens is 504 g/mol. The Morgan fingerprint density at radius 1 is 0.975 bits per heavy atom. The average molecular weight is 545 g/mol. The van der Waals surface area contributed by atoms with Gasteiger partial charge in [-0.3, -0.25) is 15.0 Å². The van der Waals surface area contributed by atoms with Gasteiger partial charge in [0.1, 0.15) is 11.6 Å². The first-order chi connectivity index (χ1) is 19.6. The molecule has 9 nitrogen and oxygen atoms in total. The molecule has 0 aromatic heterocycles. The zero-order valence-corrected chi connectivity index (χ0v) is 23.4. The highest BCUT2D eigenvalue weighted by molar-refractivity contribution is 5.91. The van der Waals surface area contributed by atoms with Crippen LogP contribution in [0.5, 0.6) is 5.75 Å². The summed E-state index contributed by atoms with van der Waals surface area (Å²) in [5.74, 6) is 2.20. The van der Waals surface area contributed by atoms with Crippen molar-refractivity contribution in [3.8, 4) is 5.75 Å². The number of amides is 2. The molecule has 0 radical (unpaired) electrons. The van der Waals surface area contributed by atoms with Crippen molar-refractivity contribution in [1.82, 2.24) is 20.1 Å². The van der Waals surface area contributed by atoms with Gasteiger partial charge in [-0.1, -0.05) is 43.2 Å². The van der Waals surface area contributed by atoms with Crippen molar-refractivity contribution in [2.24, 2.45) is 11.0 Å². The third-order valence-electron chi connectivity index (χ3n) is 8.97. The summed E-state index contributed by atoms with van der Waals surface area (Å²) in [5.41, 5.74) is 5.65. The van der Waals surface area contributed by atoms with Crippen molar-refractivity contribution < 1.29 is 14.3 Å². The van der Waals surface area contributed by atoms with E-state index in [2.05, 4.69) is 39.5 Å². The molecule has 40 heavy (non-hydrogen) atoms. The molecule has 3 aliphatic heterocycles. The van der Waals surface area contributed by atoms with E-state index in [9.17, 15) is 9.59 Å². The van der Waals surface area contributed by atoms with Crippen LogP contribution in [0.1, 0.15) is 44.1 Å². The summed E-state index contributed by atoms with van der Waals surface area (Å²) < 4.78 is 5.27. The van der Waals surface area contributed by atoms with Gasteiger partial charge >= 0.3 is 0 Å². The third kappa shape index (κ3) is 5.33. The van der Waals surface area contributed by atoms with Crippen molar-refractivity contribution in [2.75, 3.05) is 44.7 Å². The van der Waals surface area contributed by atoms with Crippen LogP contribution in [0.3, 0.4) is 0 Å². The van der Waals surface area contributed by atoms with Gasteiger partial charge in [0.05, 0.1) is 13.0 Å². The molecule has 3 fully saturated rings. The van der Waals surface area contributed by atoms with Gasteiger partial charge in [-0.2, -0.15) is 5.10 Å². The monoisotopic (exact) mass is 544 g/mol. The van der Waals surface area contributed by atoms with Gasteiger partial charge in [-0.05, 0) is 49.1 Å². The summed E-state index contributed by atoms with van der Waals surface area (Å²) in [4.78, 5) is 35.5. The Balaban J connectivity index is 1.06. The quantitative estimate of drug-likeness (QED) is 0.550. The summed E-state index contributed by atoms with van der Waals surface area (Å²) in [6.07, 6.45) is 5.73. The smallest absolute Gasteiger partial charge is 0.230 e. The standard InChI is InChI=1S/C31H40N6O3/c1-40-25-13-11-24(12-14-25)34-19-21-35(22-20-34)29(38)16-15-28-32-33-31-36(18-17-23-7-3-2-4-8-23)30(39)26-9-5-6-10-27(26)37(28)31/h2-4,7-8,11-14,26-27,31,33H,5-6,9-10,15-22H2,1H3. The van der Waals surface area contributed by atoms with E-state index in [4.69, 9.17) is 9.84 Å². The van der Waals surface area contributed by atoms with Crippen LogP contribution in [0.4, 0.5) is 5.69 Å². The van der Waals surface area contributed by atoms with Crippen LogP contribution in [0.15, 0.2) is 59.7 Å². The van der Waals surface area contributed by atoms with Gasteiger partial charge in [0.15, 0.2) is 6.29 Å². The fraction of sp³-hybridized carbons (Fsp3) is 0.516. The van der Waals surface area contributed by atoms with Crippen LogP contribution in [-0.4, -0.2) is 84.5 Å². The van der Waals surface area contributed by atoms with Crippen LogP contribution in [0.25, 0.3) is 0 Å². The van der Waals surface area contributed by atoms with Crippen LogP contribution in [0, 0.1) is 5.92 Å². The van der Waals surface area contributed by atoms with Gasteiger partial charge in [0.2, 0.25) is 11.8 Å². The van der Waals surface area contributed by atoms with Gasteiger partial charge < -0.3 is 24.3 Å². The fourth-order valence-electron chi connectivity index (χ4n) is 6.75. The zero-order chi connectivity index (χ0) is 27.5. The highest BCUT2D eigenvalue weighted by Gasteiger charge is 2.50. The minimum Gasteiger partial charge on any atom is -0.497 e. The Kier molecular flexibility index (Phi) is 7.80. The van der Waals surface area contributed by atoms with Crippen molar-refractivity contribution >= 4 is 23.3 Å². The van der Waals surface area contributed by atoms with E-state index in [1.54, 1.807) is 7.11 Å². The predicted octanol–water partition coefficient (Wildman–Crippen LogP) is 3.27. The number of hydrazone groups is 1. The van der Waals surface area contributed by atoms with E-state index in [0.717, 1.165) is 62.5 Å². The van der Waals surface area contributed by atoms with Crippen LogP contribution >= 0.6 is 0 Å². The van der Waals surface area contributed by atoms with Gasteiger partial charge in [0.25, 0.3) is 0 Å². The second-order valence-corrected chi connectivity index (χ2v) is 11.2. The molecule has 2 aromatic rings. The molecule has 0 bridgehead atoms. The minimum absolute atomic E-state index is 0.00704. The number of amidine groups is 1. The Hall–Kier alpha value is -3.75. The molecule has 4 aliphatic rings. The molecule has 2 aromatic carbocycles. The average Bonchev–Trinajstić information content (AvgIpc) is 3.44. The van der Waals surface area contributed by atoms with E-state index in [1.165, 1.54) is 5.56 Å². The molecule has 3 heterocycles. The number of ether oxygens (including phenoxy) is 1. The van der Waals surface area contributed by atoms with Crippen LogP contribution in [0.2, 0.25) is 0 Å². The van der Waals surface area contributed by atoms with E-state index in [-0.39, 0.29) is 30.1 Å². The lowest BCUT2D eigenvalue weighted by Gasteiger charge is -2.50. The molecule has 9 heteroatoms. The summed E-state index contributed by atoms with van der Waals surface area (Å²) >= 11 is 0. The number of hydrogen-bond acceptors (Lipinski definition) is 7. The minimum atomic E-state index is -0.256. The third-order valence-corrected chi connectivity index (χ3v) is 8.97. The Morgan fingerprint density at radius 3 is 2.48 bits per heavy atom. The number of fused-ring (bicyclic) bond motifs is 3. The fourth-order valence-corrected chi connectivity index (χ4v) is 6.75. The highest BCUT2D eigenvalue weighted by atomic mass is 16.5. The molecule has 3 atom stereocenters. The van der Waals surface area contributed by atoms with Crippen molar-refractivity contribution in [1.29, 1.82) is 0 Å². The first-order valence-electron chi connectivity index (χ1n) is 14.7. The number of hydrogen-bond donors (Lipinski definition) is 1. The summed E-state index contributed by atoms with van der Waals surface area (Å²) in [6.45, 7) is 3.72. The van der Waals surface area contributed by atoms with Gasteiger partial charge in [0, 0.05) is 57.3 Å². The molecule has 1 saturated carbocycles. The molecular formula is C31H40N6O3. The number of methoxy groups -OCH3 is 1. The highest BCUT2D eigenvalue weighted by Crippen LogP contribution is 2.38. The summed E-state index contributed by atoms with van der Waals surface area (Å²) in [7, 11) is 1.67. The lowest BCUT2D eigenvalue weighted by molar-refractivity contribution is -0.155. The van der Waals surface area contributed by atoms with Crippen molar-refractivity contribution in [3.05, 3.63) is 60.2 Å². The first kappa shape index (κ1) is 26.5. The zero-order valence-electron chi connectivity index (χ0n) is 23.4. The maximum absolute atomic E-state index is 13.6. The van der Waals surface area contributed by atoms with E-state index >= 15 is 0 Å². The first-order valence-corrected chi connectivity index (χ1v) is 14.7. The number of rotatable bonds is 8. The number of benzene rings is 2. The Bertz CT molecular complexity index is 1210. The normalized spacial score (nSPS) is 24.3. The van der Waals surface area contributed by atoms with E-state index in [0.29, 0.717) is 32.5 Å². The van der Waals surface area contributed by atoms with E-state index in [1.807, 2.05) is 40.1 Å². The topological polar surface area (TPSA) is 80.7 Å². The lowest BCUT2D eigenvalue weighted by atomic mass is 9.80. The number of carbonyl (C=O) groups is 2. The molecule has 3 unspecified atom stereocenters. The Morgan fingerprint density at radius 2 is 1.73 bits per heavy atom. The number of carbonyl (C=O) groups excluding carboxylic acids is 2. The molecule has 6 rings (SSSR count). The van der Waals surface area contributed by atoms with E-state index < -0.39 is 0 Å². The molecule has 2 saturated heterocycles. The molecule has 212 valence electrons. The second-order valence-electron chi connectivity index (χ2n) is 11.2. The molecule has 2 amide bonds. The maximum Gasteiger partial charge on any atom is 0.230 e. The Labute approximate surface area is 236 Å². The molecule has 1 N–H and O–H groups in total. The summed E-state index contributed by atoms with van der Waals surface area (Å²) in [5, 5.41) is 4.70. The number of nitrogens with one attached hydrogen (secondary N) is 1. The van der Waals surface area contributed by atoms with Crippen molar-refractivity contribution in [2.45, 2.75) is 57.3 Å². The SMILES string of the molecule is COc1ccc(N2CCN(C(=O)CCC3=NNC4N(CCc5ccccc5)C(=O)C5CCCCC5N34)CC2)cc1. The molecule has 1 aliphatic carbocycles.